The fraction of sp³-hybridized carbons (Fsp3) is 0.250. The summed E-state index contributed by atoms with van der Waals surface area (Å²) in [4.78, 5) is 27.0. The Kier molecular flexibility index (Phi) is 3.14. The number of amides is 1. The van der Waals surface area contributed by atoms with E-state index in [0.29, 0.717) is 30.6 Å². The summed E-state index contributed by atoms with van der Waals surface area (Å²) in [6.45, 7) is 2.33. The molecule has 4 nitrogen and oxygen atoms in total. The smallest absolute Gasteiger partial charge is 0.253 e. The number of hydrogen-bond acceptors (Lipinski definition) is 2. The minimum atomic E-state index is -0.112. The van der Waals surface area contributed by atoms with E-state index >= 15 is 0 Å². The zero-order valence-corrected chi connectivity index (χ0v) is 11.3. The second-order valence-corrected chi connectivity index (χ2v) is 5.07. The Labute approximate surface area is 117 Å². The molecule has 0 unspecified atom stereocenters. The molecule has 0 fully saturated rings. The minimum Gasteiger partial charge on any atom is -0.355 e. The summed E-state index contributed by atoms with van der Waals surface area (Å²) < 4.78 is 0. The predicted octanol–water partition coefficient (Wildman–Crippen LogP) is 2.38. The lowest BCUT2D eigenvalue weighted by molar-refractivity contribution is 0.0947. The van der Waals surface area contributed by atoms with Crippen LogP contribution in [0, 0.1) is 6.92 Å². The first-order valence-electron chi connectivity index (χ1n) is 6.73. The number of nitrogens with one attached hydrogen (secondary N) is 2. The number of hydrogen-bond donors (Lipinski definition) is 2. The van der Waals surface area contributed by atoms with Gasteiger partial charge in [-0.1, -0.05) is 30.3 Å². The molecule has 0 bridgehead atoms. The molecule has 20 heavy (non-hydrogen) atoms. The van der Waals surface area contributed by atoms with E-state index in [1.165, 1.54) is 0 Å². The number of carbonyl (C=O) groups excluding carboxylic acids is 2. The number of rotatable bonds is 3. The molecular formula is C16H16N2O2. The maximum atomic E-state index is 12.3. The number of carbonyl (C=O) groups is 2. The molecule has 2 aromatic rings. The summed E-state index contributed by atoms with van der Waals surface area (Å²) in [6, 6.07) is 9.77. The Morgan fingerprint density at radius 2 is 2.00 bits per heavy atom. The van der Waals surface area contributed by atoms with Crippen molar-refractivity contribution in [2.24, 2.45) is 0 Å². The summed E-state index contributed by atoms with van der Waals surface area (Å²) >= 11 is 0. The highest BCUT2D eigenvalue weighted by molar-refractivity contribution is 6.05. The van der Waals surface area contributed by atoms with Crippen LogP contribution in [0.2, 0.25) is 0 Å². The lowest BCUT2D eigenvalue weighted by atomic mass is 10.1. The van der Waals surface area contributed by atoms with Crippen molar-refractivity contribution in [2.45, 2.75) is 26.3 Å². The van der Waals surface area contributed by atoms with Gasteiger partial charge in [0.15, 0.2) is 5.78 Å². The van der Waals surface area contributed by atoms with Gasteiger partial charge in [0.05, 0.1) is 11.3 Å². The summed E-state index contributed by atoms with van der Waals surface area (Å²) in [5, 5.41) is 2.92. The number of aryl methyl sites for hydroxylation is 1. The van der Waals surface area contributed by atoms with Crippen LogP contribution in [0.15, 0.2) is 30.3 Å². The monoisotopic (exact) mass is 268 g/mol. The van der Waals surface area contributed by atoms with Crippen molar-refractivity contribution in [3.8, 4) is 0 Å². The second kappa shape index (κ2) is 4.96. The maximum absolute atomic E-state index is 12.3. The molecule has 4 heteroatoms. The Hall–Kier alpha value is -2.36. The van der Waals surface area contributed by atoms with Crippen molar-refractivity contribution in [3.63, 3.8) is 0 Å². The van der Waals surface area contributed by atoms with Crippen LogP contribution in [0.25, 0.3) is 0 Å². The van der Waals surface area contributed by atoms with Crippen molar-refractivity contribution >= 4 is 11.7 Å². The van der Waals surface area contributed by atoms with Gasteiger partial charge in [-0.05, 0) is 24.5 Å². The molecule has 1 aliphatic carbocycles. The molecule has 0 spiro atoms. The molecule has 1 aliphatic rings. The number of ketones is 1. The zero-order chi connectivity index (χ0) is 14.1. The van der Waals surface area contributed by atoms with Crippen LogP contribution >= 0.6 is 0 Å². The summed E-state index contributed by atoms with van der Waals surface area (Å²) in [6.07, 6.45) is 1.16. The average Bonchev–Trinajstić information content (AvgIpc) is 2.96. The Morgan fingerprint density at radius 1 is 1.25 bits per heavy atom. The number of aromatic nitrogens is 1. The first-order valence-corrected chi connectivity index (χ1v) is 6.73. The molecule has 0 aliphatic heterocycles. The van der Waals surface area contributed by atoms with Crippen molar-refractivity contribution in [2.75, 3.05) is 0 Å². The summed E-state index contributed by atoms with van der Waals surface area (Å²) in [5.41, 5.74) is 3.96. The van der Waals surface area contributed by atoms with Gasteiger partial charge in [0, 0.05) is 18.7 Å². The molecular weight excluding hydrogens is 252 g/mol. The number of aromatic amines is 1. The molecule has 0 saturated heterocycles. The first kappa shape index (κ1) is 12.7. The maximum Gasteiger partial charge on any atom is 0.253 e. The van der Waals surface area contributed by atoms with Crippen LogP contribution < -0.4 is 5.32 Å². The molecule has 1 aromatic heterocycles. The summed E-state index contributed by atoms with van der Waals surface area (Å²) in [5.74, 6) is -0.0104. The quantitative estimate of drug-likeness (QED) is 0.897. The molecule has 1 amide bonds. The van der Waals surface area contributed by atoms with Gasteiger partial charge in [-0.3, -0.25) is 9.59 Å². The van der Waals surface area contributed by atoms with Gasteiger partial charge in [0.1, 0.15) is 0 Å². The van der Waals surface area contributed by atoms with Gasteiger partial charge < -0.3 is 10.3 Å². The predicted molar refractivity (Wildman–Crippen MR) is 75.8 cm³/mol. The van der Waals surface area contributed by atoms with Gasteiger partial charge in [0.25, 0.3) is 5.91 Å². The third-order valence-corrected chi connectivity index (χ3v) is 3.69. The molecule has 0 atom stereocenters. The van der Waals surface area contributed by atoms with Crippen LogP contribution in [-0.4, -0.2) is 16.7 Å². The lowest BCUT2D eigenvalue weighted by Crippen LogP contribution is -2.24. The van der Waals surface area contributed by atoms with Crippen molar-refractivity contribution in [1.82, 2.24) is 10.3 Å². The van der Waals surface area contributed by atoms with Crippen LogP contribution in [-0.2, 0) is 13.0 Å². The highest BCUT2D eigenvalue weighted by atomic mass is 16.1. The van der Waals surface area contributed by atoms with E-state index in [1.807, 2.05) is 37.3 Å². The van der Waals surface area contributed by atoms with E-state index < -0.39 is 0 Å². The minimum absolute atomic E-state index is 0.102. The van der Waals surface area contributed by atoms with Crippen molar-refractivity contribution in [1.29, 1.82) is 0 Å². The summed E-state index contributed by atoms with van der Waals surface area (Å²) in [7, 11) is 0. The van der Waals surface area contributed by atoms with E-state index in [0.717, 1.165) is 16.8 Å². The third kappa shape index (κ3) is 2.13. The Morgan fingerprint density at radius 3 is 2.75 bits per heavy atom. The van der Waals surface area contributed by atoms with Gasteiger partial charge >= 0.3 is 0 Å². The molecule has 0 radical (unpaired) electrons. The highest BCUT2D eigenvalue weighted by Crippen LogP contribution is 2.27. The zero-order valence-electron chi connectivity index (χ0n) is 11.3. The lowest BCUT2D eigenvalue weighted by Gasteiger charge is -2.06. The number of Topliss-reactive ketones (excluding diaryl/α,β-unsaturated/α-hetero) is 1. The molecule has 102 valence electrons. The van der Waals surface area contributed by atoms with Gasteiger partial charge in [-0.25, -0.2) is 0 Å². The first-order chi connectivity index (χ1) is 9.66. The molecule has 2 N–H and O–H groups in total. The van der Waals surface area contributed by atoms with Crippen LogP contribution in [0.3, 0.4) is 0 Å². The molecule has 1 aromatic carbocycles. The highest BCUT2D eigenvalue weighted by Gasteiger charge is 2.29. The van der Waals surface area contributed by atoms with Crippen LogP contribution in [0.5, 0.6) is 0 Å². The topological polar surface area (TPSA) is 62.0 Å². The standard InChI is InChI=1S/C16H16N2O2/c1-10-14(12-7-8-13(19)15(12)18-10)16(20)17-9-11-5-3-2-4-6-11/h2-6,18H,7-9H2,1H3,(H,17,20). The van der Waals surface area contributed by atoms with E-state index in [1.54, 1.807) is 0 Å². The number of fused-ring (bicyclic) bond motifs is 1. The van der Waals surface area contributed by atoms with Gasteiger partial charge in [-0.2, -0.15) is 0 Å². The fourth-order valence-electron chi connectivity index (χ4n) is 2.70. The van der Waals surface area contributed by atoms with E-state index in [9.17, 15) is 9.59 Å². The van der Waals surface area contributed by atoms with Crippen LogP contribution in [0.4, 0.5) is 0 Å². The normalized spacial score (nSPS) is 13.3. The fourth-order valence-corrected chi connectivity index (χ4v) is 2.70. The largest absolute Gasteiger partial charge is 0.355 e. The number of H-pyrrole nitrogens is 1. The Balaban J connectivity index is 1.78. The van der Waals surface area contributed by atoms with E-state index in [4.69, 9.17) is 0 Å². The van der Waals surface area contributed by atoms with Crippen molar-refractivity contribution in [3.05, 3.63) is 58.4 Å². The van der Waals surface area contributed by atoms with E-state index in [-0.39, 0.29) is 11.7 Å². The van der Waals surface area contributed by atoms with E-state index in [2.05, 4.69) is 10.3 Å². The molecule has 1 heterocycles. The molecule has 0 saturated carbocycles. The van der Waals surface area contributed by atoms with Crippen LogP contribution in [0.1, 0.15) is 44.1 Å². The second-order valence-electron chi connectivity index (χ2n) is 5.07. The Bertz CT molecular complexity index is 671. The average molecular weight is 268 g/mol. The van der Waals surface area contributed by atoms with Crippen molar-refractivity contribution < 1.29 is 9.59 Å². The van der Waals surface area contributed by atoms with Gasteiger partial charge in [0.2, 0.25) is 0 Å². The third-order valence-electron chi connectivity index (χ3n) is 3.69. The van der Waals surface area contributed by atoms with Gasteiger partial charge in [-0.15, -0.1) is 0 Å². The molecule has 3 rings (SSSR count). The SMILES string of the molecule is Cc1[nH]c2c(c1C(=O)NCc1ccccc1)CCC2=O. The number of benzene rings is 1.